The summed E-state index contributed by atoms with van der Waals surface area (Å²) in [6, 6.07) is 16.6. The predicted octanol–water partition coefficient (Wildman–Crippen LogP) is 3.41. The molecule has 1 unspecified atom stereocenters. The number of aromatic amines is 1. The summed E-state index contributed by atoms with van der Waals surface area (Å²) in [6.45, 7) is 1.19. The molecule has 1 aliphatic rings. The van der Waals surface area contributed by atoms with Crippen molar-refractivity contribution < 1.29 is 19.1 Å². The predicted molar refractivity (Wildman–Crippen MR) is 107 cm³/mol. The van der Waals surface area contributed by atoms with Crippen molar-refractivity contribution in [1.29, 1.82) is 0 Å². The molecule has 29 heavy (non-hydrogen) atoms. The smallest absolute Gasteiger partial charge is 0.298 e. The Kier molecular flexibility index (Phi) is 5.15. The number of fused-ring (bicyclic) bond motifs is 2. The first kappa shape index (κ1) is 18.5. The van der Waals surface area contributed by atoms with Gasteiger partial charge >= 0.3 is 0 Å². The van der Waals surface area contributed by atoms with Crippen LogP contribution >= 0.6 is 0 Å². The van der Waals surface area contributed by atoms with Crippen LogP contribution in [0.15, 0.2) is 59.3 Å². The number of carbonyl (C=O) groups is 1. The van der Waals surface area contributed by atoms with Gasteiger partial charge in [0.2, 0.25) is 0 Å². The Morgan fingerprint density at radius 1 is 1.28 bits per heavy atom. The number of para-hydroxylation sites is 2. The van der Waals surface area contributed by atoms with E-state index in [2.05, 4.69) is 32.0 Å². The van der Waals surface area contributed by atoms with Crippen molar-refractivity contribution in [3.8, 4) is 5.75 Å². The number of oxazole rings is 1. The minimum atomic E-state index is -0.250. The van der Waals surface area contributed by atoms with E-state index in [-0.39, 0.29) is 12.4 Å². The average Bonchev–Trinajstić information content (AvgIpc) is 3.40. The zero-order valence-corrected chi connectivity index (χ0v) is 15.8. The molecule has 0 bridgehead atoms. The number of ether oxygens (including phenoxy) is 1. The third-order valence-electron chi connectivity index (χ3n) is 4.88. The fourth-order valence-electron chi connectivity index (χ4n) is 3.58. The van der Waals surface area contributed by atoms with Crippen molar-refractivity contribution in [1.82, 2.24) is 15.0 Å². The highest BCUT2D eigenvalue weighted by molar-refractivity contribution is 5.74. The van der Waals surface area contributed by atoms with Gasteiger partial charge in [-0.1, -0.05) is 24.3 Å². The minimum absolute atomic E-state index is 0.120. The molecule has 5 rings (SSSR count). The van der Waals surface area contributed by atoms with Crippen LogP contribution in [-0.2, 0) is 11.3 Å². The zero-order chi connectivity index (χ0) is 20.2. The molecule has 0 radical (unpaired) electrons. The van der Waals surface area contributed by atoms with Crippen molar-refractivity contribution in [3.63, 3.8) is 0 Å². The maximum Gasteiger partial charge on any atom is 0.298 e. The van der Waals surface area contributed by atoms with Crippen molar-refractivity contribution in [2.75, 3.05) is 18.6 Å². The Morgan fingerprint density at radius 3 is 2.90 bits per heavy atom. The highest BCUT2D eigenvalue weighted by atomic mass is 16.5. The number of imidazole rings is 1. The number of nitrogens with one attached hydrogen (secondary N) is 1. The van der Waals surface area contributed by atoms with Crippen LogP contribution in [0.1, 0.15) is 22.9 Å². The molecular formula is C21H20N4O4. The zero-order valence-electron chi connectivity index (χ0n) is 15.8. The summed E-state index contributed by atoms with van der Waals surface area (Å²) in [4.78, 5) is 23.0. The van der Waals surface area contributed by atoms with Gasteiger partial charge in [0.1, 0.15) is 11.3 Å². The van der Waals surface area contributed by atoms with Gasteiger partial charge in [0.25, 0.3) is 12.5 Å². The van der Waals surface area contributed by atoms with Gasteiger partial charge in [-0.3, -0.25) is 4.79 Å². The quantitative estimate of drug-likeness (QED) is 0.515. The third-order valence-corrected chi connectivity index (χ3v) is 4.88. The molecule has 148 valence electrons. The Balaban J connectivity index is 0.000000645. The summed E-state index contributed by atoms with van der Waals surface area (Å²) in [6.07, 6.45) is 1.76. The average molecular weight is 392 g/mol. The Hall–Kier alpha value is -3.81. The number of rotatable bonds is 3. The van der Waals surface area contributed by atoms with Crippen LogP contribution in [0.5, 0.6) is 5.75 Å². The highest BCUT2D eigenvalue weighted by Gasteiger charge is 2.31. The Labute approximate surface area is 166 Å². The number of nitrogens with zero attached hydrogens (tertiary/aromatic N) is 3. The molecule has 3 heterocycles. The van der Waals surface area contributed by atoms with Crippen LogP contribution in [0.25, 0.3) is 11.1 Å². The van der Waals surface area contributed by atoms with E-state index < -0.39 is 0 Å². The van der Waals surface area contributed by atoms with Crippen LogP contribution < -0.4 is 9.64 Å². The summed E-state index contributed by atoms with van der Waals surface area (Å²) < 4.78 is 11.4. The number of aromatic nitrogens is 3. The highest BCUT2D eigenvalue weighted by Crippen LogP contribution is 2.35. The largest absolute Gasteiger partial charge is 0.497 e. The van der Waals surface area contributed by atoms with Crippen LogP contribution in [0.4, 0.5) is 6.01 Å². The van der Waals surface area contributed by atoms with Gasteiger partial charge in [0.05, 0.1) is 31.4 Å². The fraction of sp³-hybridized carbons (Fsp3) is 0.190. The normalized spacial score (nSPS) is 15.3. The minimum Gasteiger partial charge on any atom is -0.497 e. The lowest BCUT2D eigenvalue weighted by Gasteiger charge is -2.31. The van der Waals surface area contributed by atoms with E-state index in [1.54, 1.807) is 13.4 Å². The number of hydrogen-bond acceptors (Lipinski definition) is 6. The van der Waals surface area contributed by atoms with Gasteiger partial charge in [-0.15, -0.1) is 0 Å². The van der Waals surface area contributed by atoms with E-state index in [0.717, 1.165) is 34.8 Å². The van der Waals surface area contributed by atoms with E-state index in [4.69, 9.17) is 19.1 Å². The number of hydrogen-bond donors (Lipinski definition) is 2. The third kappa shape index (κ3) is 3.64. The lowest BCUT2D eigenvalue weighted by Crippen LogP contribution is -2.34. The molecule has 1 atom stereocenters. The summed E-state index contributed by atoms with van der Waals surface area (Å²) in [5.41, 5.74) is 5.00. The molecule has 2 aromatic heterocycles. The molecule has 0 spiro atoms. The monoisotopic (exact) mass is 392 g/mol. The molecule has 0 fully saturated rings. The van der Waals surface area contributed by atoms with E-state index >= 15 is 0 Å². The van der Waals surface area contributed by atoms with Crippen LogP contribution in [0.2, 0.25) is 0 Å². The van der Waals surface area contributed by atoms with Crippen molar-refractivity contribution in [2.45, 2.75) is 12.5 Å². The van der Waals surface area contributed by atoms with Crippen LogP contribution in [0, 0.1) is 0 Å². The van der Waals surface area contributed by atoms with Crippen LogP contribution in [0.3, 0.4) is 0 Å². The maximum absolute atomic E-state index is 8.36. The summed E-state index contributed by atoms with van der Waals surface area (Å²) in [7, 11) is 1.69. The number of carboxylic acid groups (broad SMARTS) is 1. The molecule has 0 saturated heterocycles. The SMILES string of the molecule is COc1cccc(C2CN(c3nc4ccccc4o3)Cc3[nH]cnc32)c1.O=CO. The first-order valence-corrected chi connectivity index (χ1v) is 9.08. The second-order valence-electron chi connectivity index (χ2n) is 6.55. The number of methoxy groups -OCH3 is 1. The van der Waals surface area contributed by atoms with E-state index in [0.29, 0.717) is 12.6 Å². The first-order valence-electron chi connectivity index (χ1n) is 9.08. The summed E-state index contributed by atoms with van der Waals surface area (Å²) in [5, 5.41) is 6.89. The summed E-state index contributed by atoms with van der Waals surface area (Å²) in [5.74, 6) is 0.966. The van der Waals surface area contributed by atoms with E-state index in [1.807, 2.05) is 36.4 Å². The van der Waals surface area contributed by atoms with Gasteiger partial charge in [0, 0.05) is 12.5 Å². The molecule has 0 aliphatic carbocycles. The van der Waals surface area contributed by atoms with Gasteiger partial charge < -0.3 is 24.1 Å². The van der Waals surface area contributed by atoms with Gasteiger partial charge in [-0.25, -0.2) is 4.98 Å². The van der Waals surface area contributed by atoms with Gasteiger partial charge in [0.15, 0.2) is 5.58 Å². The Morgan fingerprint density at radius 2 is 2.10 bits per heavy atom. The number of anilines is 1. The van der Waals surface area contributed by atoms with Crippen LogP contribution in [-0.4, -0.2) is 40.2 Å². The lowest BCUT2D eigenvalue weighted by atomic mass is 9.91. The summed E-state index contributed by atoms with van der Waals surface area (Å²) >= 11 is 0. The van der Waals surface area contributed by atoms with Gasteiger partial charge in [-0.05, 0) is 29.8 Å². The number of benzene rings is 2. The topological polar surface area (TPSA) is 104 Å². The van der Waals surface area contributed by atoms with Gasteiger partial charge in [-0.2, -0.15) is 4.98 Å². The van der Waals surface area contributed by atoms with Crippen molar-refractivity contribution in [3.05, 3.63) is 71.8 Å². The first-order chi connectivity index (χ1) is 14.2. The van der Waals surface area contributed by atoms with Crippen molar-refractivity contribution in [2.24, 2.45) is 0 Å². The lowest BCUT2D eigenvalue weighted by molar-refractivity contribution is -0.122. The molecule has 4 aromatic rings. The molecule has 2 aromatic carbocycles. The molecule has 2 N–H and O–H groups in total. The molecule has 0 amide bonds. The molecule has 1 aliphatic heterocycles. The molecule has 8 heteroatoms. The van der Waals surface area contributed by atoms with E-state index in [9.17, 15) is 0 Å². The molecule has 0 saturated carbocycles. The second-order valence-corrected chi connectivity index (χ2v) is 6.55. The van der Waals surface area contributed by atoms with E-state index in [1.165, 1.54) is 5.56 Å². The Bertz CT molecular complexity index is 1090. The fourth-order valence-corrected chi connectivity index (χ4v) is 3.58. The molecular weight excluding hydrogens is 372 g/mol. The molecule has 8 nitrogen and oxygen atoms in total. The second kappa shape index (κ2) is 8.05. The van der Waals surface area contributed by atoms with Crippen molar-refractivity contribution >= 4 is 23.6 Å². The standard InChI is InChI=1S/C20H18N4O2.CH2O2/c1-25-14-6-4-5-13(9-14)15-10-24(11-17-19(15)22-12-21-17)20-23-16-7-2-3-8-18(16)26-20;2-1-3/h2-9,12,15H,10-11H2,1H3,(H,21,22);1H,(H,2,3). The maximum atomic E-state index is 8.36. The number of H-pyrrole nitrogens is 1.